The van der Waals surface area contributed by atoms with Gasteiger partial charge in [0.2, 0.25) is 11.8 Å². The molecule has 1 saturated heterocycles. The Bertz CT molecular complexity index is 845. The normalized spacial score (nSPS) is 21.2. The molecule has 1 heterocycles. The number of nitrogens with one attached hydrogen (secondary N) is 1. The largest absolute Gasteiger partial charge is 0.394 e. The van der Waals surface area contributed by atoms with E-state index in [4.69, 9.17) is 10.5 Å². The molecule has 0 unspecified atom stereocenters. The van der Waals surface area contributed by atoms with Crippen molar-refractivity contribution < 1.29 is 29.6 Å². The van der Waals surface area contributed by atoms with E-state index in [2.05, 4.69) is 19.2 Å². The summed E-state index contributed by atoms with van der Waals surface area (Å²) in [6.07, 6.45) is 26.3. The maximum atomic E-state index is 13.9. The van der Waals surface area contributed by atoms with E-state index in [1.54, 1.807) is 4.90 Å². The molecule has 6 N–H and O–H groups in total. The van der Waals surface area contributed by atoms with Crippen LogP contribution in [0.15, 0.2) is 0 Å². The van der Waals surface area contributed by atoms with Gasteiger partial charge in [-0.3, -0.25) is 9.59 Å². The van der Waals surface area contributed by atoms with E-state index < -0.39 is 49.1 Å². The Morgan fingerprint density at radius 2 is 1.08 bits per heavy atom. The minimum absolute atomic E-state index is 0.0860. The second kappa shape index (κ2) is 31.1. The fourth-order valence-corrected chi connectivity index (χ4v) is 7.36. The zero-order valence-corrected chi connectivity index (χ0v) is 33.6. The number of amides is 2. The lowest BCUT2D eigenvalue weighted by molar-refractivity contribution is -0.231. The van der Waals surface area contributed by atoms with Crippen molar-refractivity contribution in [2.75, 3.05) is 13.2 Å². The summed E-state index contributed by atoms with van der Waals surface area (Å²) in [4.78, 5) is 28.7. The predicted octanol–water partition coefficient (Wildman–Crippen LogP) is 8.29. The number of aliphatic hydroxyl groups excluding tert-OH is 3. The lowest BCUT2D eigenvalue weighted by Gasteiger charge is -2.47. The highest BCUT2D eigenvalue weighted by Crippen LogP contribution is 2.26. The van der Waals surface area contributed by atoms with Gasteiger partial charge in [0, 0.05) is 13.0 Å². The number of aliphatic hydroxyl groups is 3. The van der Waals surface area contributed by atoms with Crippen LogP contribution in [0.25, 0.3) is 0 Å². The number of nitrogens with zero attached hydrogens (tertiary/aromatic N) is 1. The number of rotatable bonds is 33. The minimum atomic E-state index is -1.43. The van der Waals surface area contributed by atoms with Gasteiger partial charge in [-0.25, -0.2) is 0 Å². The molecule has 9 nitrogen and oxygen atoms in total. The summed E-state index contributed by atoms with van der Waals surface area (Å²) in [5.74, 6) is -0.343. The molecule has 302 valence electrons. The third-order valence-corrected chi connectivity index (χ3v) is 10.6. The van der Waals surface area contributed by atoms with Crippen LogP contribution in [0.1, 0.15) is 201 Å². The molecule has 0 aromatic rings. The maximum absolute atomic E-state index is 13.9. The van der Waals surface area contributed by atoms with Crippen molar-refractivity contribution in [3.63, 3.8) is 0 Å². The Morgan fingerprint density at radius 3 is 1.49 bits per heavy atom. The van der Waals surface area contributed by atoms with Gasteiger partial charge in [-0.05, 0) is 25.2 Å². The zero-order chi connectivity index (χ0) is 37.7. The SMILES string of the molecule is CCCCCCCCCCCCCCCC(=O)N(CCCCCCCCCCCCCC)[C@@H]1O[C@H](CO)[C@@H](O)[C@H](O)[C@H]1NC(=O)[C@@H](N)CC(C)C. The Hall–Kier alpha value is -1.26. The Morgan fingerprint density at radius 1 is 0.667 bits per heavy atom. The van der Waals surface area contributed by atoms with Crippen LogP contribution < -0.4 is 11.1 Å². The molecule has 6 atom stereocenters. The lowest BCUT2D eigenvalue weighted by Crippen LogP contribution is -2.69. The van der Waals surface area contributed by atoms with E-state index >= 15 is 0 Å². The first-order valence-electron chi connectivity index (χ1n) is 21.7. The molecule has 1 aliphatic heterocycles. The highest BCUT2D eigenvalue weighted by Gasteiger charge is 2.48. The molecule has 1 fully saturated rings. The van der Waals surface area contributed by atoms with E-state index in [-0.39, 0.29) is 11.8 Å². The van der Waals surface area contributed by atoms with Crippen LogP contribution in [0.2, 0.25) is 0 Å². The predicted molar refractivity (Wildman–Crippen MR) is 210 cm³/mol. The van der Waals surface area contributed by atoms with E-state index in [0.29, 0.717) is 19.4 Å². The third kappa shape index (κ3) is 21.9. The molecular weight excluding hydrogens is 642 g/mol. The van der Waals surface area contributed by atoms with E-state index in [0.717, 1.165) is 38.5 Å². The molecule has 0 aromatic heterocycles. The van der Waals surface area contributed by atoms with Gasteiger partial charge in [0.1, 0.15) is 24.4 Å². The summed E-state index contributed by atoms with van der Waals surface area (Å²) >= 11 is 0. The first kappa shape index (κ1) is 47.8. The molecule has 0 aliphatic carbocycles. The second-order valence-electron chi connectivity index (χ2n) is 16.0. The first-order valence-corrected chi connectivity index (χ1v) is 21.7. The van der Waals surface area contributed by atoms with Gasteiger partial charge in [0.15, 0.2) is 6.23 Å². The fraction of sp³-hybridized carbons (Fsp3) is 0.952. The van der Waals surface area contributed by atoms with E-state index in [1.165, 1.54) is 122 Å². The number of unbranched alkanes of at least 4 members (excludes halogenated alkanes) is 23. The molecule has 1 rings (SSSR count). The monoisotopic (exact) mass is 726 g/mol. The number of hydrogen-bond donors (Lipinski definition) is 5. The number of carbonyl (C=O) groups excluding carboxylic acids is 2. The van der Waals surface area contributed by atoms with Gasteiger partial charge in [-0.15, -0.1) is 0 Å². The average Bonchev–Trinajstić information content (AvgIpc) is 3.11. The summed E-state index contributed by atoms with van der Waals surface area (Å²) in [6, 6.07) is -1.86. The fourth-order valence-electron chi connectivity index (χ4n) is 7.36. The van der Waals surface area contributed by atoms with Gasteiger partial charge in [-0.1, -0.05) is 175 Å². The molecule has 51 heavy (non-hydrogen) atoms. The van der Waals surface area contributed by atoms with Crippen molar-refractivity contribution in [1.82, 2.24) is 10.2 Å². The van der Waals surface area contributed by atoms with Crippen molar-refractivity contribution in [2.45, 2.75) is 238 Å². The third-order valence-electron chi connectivity index (χ3n) is 10.6. The quantitative estimate of drug-likeness (QED) is 0.0428. The van der Waals surface area contributed by atoms with Gasteiger partial charge < -0.3 is 36.0 Å². The van der Waals surface area contributed by atoms with Crippen LogP contribution in [0, 0.1) is 5.92 Å². The molecule has 0 spiro atoms. The van der Waals surface area contributed by atoms with Gasteiger partial charge in [-0.2, -0.15) is 0 Å². The lowest BCUT2D eigenvalue weighted by atomic mass is 9.94. The average molecular weight is 726 g/mol. The number of nitrogens with two attached hydrogens (primary N) is 1. The first-order chi connectivity index (χ1) is 24.7. The Balaban J connectivity index is 2.75. The van der Waals surface area contributed by atoms with Crippen molar-refractivity contribution in [3.8, 4) is 0 Å². The van der Waals surface area contributed by atoms with Crippen molar-refractivity contribution in [3.05, 3.63) is 0 Å². The molecule has 2 amide bonds. The van der Waals surface area contributed by atoms with E-state index in [1.807, 2.05) is 13.8 Å². The van der Waals surface area contributed by atoms with Crippen LogP contribution in [-0.4, -0.2) is 81.8 Å². The number of carbonyl (C=O) groups is 2. The van der Waals surface area contributed by atoms with E-state index in [9.17, 15) is 24.9 Å². The maximum Gasteiger partial charge on any atom is 0.237 e. The summed E-state index contributed by atoms with van der Waals surface area (Å²) < 4.78 is 6.14. The van der Waals surface area contributed by atoms with Gasteiger partial charge >= 0.3 is 0 Å². The Kier molecular flexibility index (Phi) is 29.1. The molecule has 0 bridgehead atoms. The van der Waals surface area contributed by atoms with Crippen molar-refractivity contribution in [1.29, 1.82) is 0 Å². The summed E-state index contributed by atoms with van der Waals surface area (Å²) in [6.45, 7) is 8.38. The number of hydrogen-bond acceptors (Lipinski definition) is 7. The molecule has 0 aromatic carbocycles. The van der Waals surface area contributed by atoms with Crippen LogP contribution in [0.3, 0.4) is 0 Å². The molecular formula is C42H83N3O6. The summed E-state index contributed by atoms with van der Waals surface area (Å²) in [5, 5.41) is 34.7. The van der Waals surface area contributed by atoms with Crippen molar-refractivity contribution in [2.24, 2.45) is 11.7 Å². The highest BCUT2D eigenvalue weighted by molar-refractivity contribution is 5.82. The zero-order valence-electron chi connectivity index (χ0n) is 33.6. The molecule has 0 saturated carbocycles. The minimum Gasteiger partial charge on any atom is -0.394 e. The number of ether oxygens (including phenoxy) is 1. The van der Waals surface area contributed by atoms with Gasteiger partial charge in [0.05, 0.1) is 12.6 Å². The van der Waals surface area contributed by atoms with Gasteiger partial charge in [0.25, 0.3) is 0 Å². The highest BCUT2D eigenvalue weighted by atomic mass is 16.5. The topological polar surface area (TPSA) is 145 Å². The molecule has 1 aliphatic rings. The molecule has 9 heteroatoms. The van der Waals surface area contributed by atoms with Crippen molar-refractivity contribution >= 4 is 11.8 Å². The van der Waals surface area contributed by atoms with Crippen LogP contribution in [0.4, 0.5) is 0 Å². The van der Waals surface area contributed by atoms with Crippen LogP contribution >= 0.6 is 0 Å². The smallest absolute Gasteiger partial charge is 0.237 e. The summed E-state index contributed by atoms with van der Waals surface area (Å²) in [7, 11) is 0. The molecule has 0 radical (unpaired) electrons. The van der Waals surface area contributed by atoms with Crippen LogP contribution in [-0.2, 0) is 14.3 Å². The summed E-state index contributed by atoms with van der Waals surface area (Å²) in [5.41, 5.74) is 6.18. The second-order valence-corrected chi connectivity index (χ2v) is 16.0. The Labute approximate surface area is 313 Å². The van der Waals surface area contributed by atoms with Crippen LogP contribution in [0.5, 0.6) is 0 Å². The standard InChI is InChI=1S/C42H83N3O6/c1-5-7-9-11-13-15-17-19-20-22-24-26-28-30-37(47)45(31-29-27-25-23-21-18-16-14-12-10-8-6-2)42-38(40(49)39(48)36(33-46)51-42)44-41(50)35(43)32-34(3)4/h34-36,38-40,42,46,48-49H,5-33,43H2,1-4H3,(H,44,50)/t35-,36+,38+,39+,40+,42+/m0/s1.